The number of nitrogen functional groups attached to an aromatic ring is 1. The van der Waals surface area contributed by atoms with E-state index in [-0.39, 0.29) is 34.5 Å². The number of nitrogens with one attached hydrogen (secondary N) is 2. The average molecular weight is 561 g/mol. The first-order valence-corrected chi connectivity index (χ1v) is 14.1. The van der Waals surface area contributed by atoms with Crippen LogP contribution >= 0.6 is 11.3 Å². The molecule has 0 radical (unpaired) electrons. The predicted molar refractivity (Wildman–Crippen MR) is 149 cm³/mol. The molecule has 0 aliphatic rings. The lowest BCUT2D eigenvalue weighted by atomic mass is 10.0. The highest BCUT2D eigenvalue weighted by Gasteiger charge is 2.26. The van der Waals surface area contributed by atoms with Gasteiger partial charge in [-0.15, -0.1) is 11.3 Å². The molecule has 2 aromatic heterocycles. The molecule has 39 heavy (non-hydrogen) atoms. The number of fused-ring (bicyclic) bond motifs is 1. The molecule has 1 atom stereocenters. The van der Waals surface area contributed by atoms with Gasteiger partial charge in [0.1, 0.15) is 10.8 Å². The van der Waals surface area contributed by atoms with Crippen LogP contribution in [0.5, 0.6) is 0 Å². The number of para-hydroxylation sites is 1. The first-order chi connectivity index (χ1) is 18.6. The van der Waals surface area contributed by atoms with Crippen molar-refractivity contribution in [1.82, 2.24) is 14.7 Å². The topological polar surface area (TPSA) is 178 Å². The Morgan fingerprint density at radius 1 is 1.05 bits per heavy atom. The number of rotatable bonds is 9. The van der Waals surface area contributed by atoms with E-state index in [9.17, 15) is 13.2 Å². The van der Waals surface area contributed by atoms with Gasteiger partial charge < -0.3 is 15.9 Å². The smallest absolute Gasteiger partial charge is 0.271 e. The number of sulfonamides is 1. The number of oxazole rings is 1. The molecule has 10 nitrogen and oxygen atoms in total. The Morgan fingerprint density at radius 2 is 1.82 bits per heavy atom. The summed E-state index contributed by atoms with van der Waals surface area (Å²) in [5.74, 6) is -0.532. The van der Waals surface area contributed by atoms with Gasteiger partial charge in [0.15, 0.2) is 17.3 Å². The van der Waals surface area contributed by atoms with Gasteiger partial charge in [0, 0.05) is 18.1 Å². The van der Waals surface area contributed by atoms with Crippen LogP contribution in [0.4, 0.5) is 0 Å². The molecule has 2 heterocycles. The second-order valence-corrected chi connectivity index (χ2v) is 11.6. The van der Waals surface area contributed by atoms with Gasteiger partial charge in [-0.05, 0) is 42.3 Å². The van der Waals surface area contributed by atoms with E-state index >= 15 is 0 Å². The Balaban J connectivity index is 1.53. The number of amidine groups is 1. The number of nitrogens with two attached hydrogens (primary N) is 2. The Morgan fingerprint density at radius 3 is 2.56 bits per heavy atom. The molecule has 5 aromatic rings. The summed E-state index contributed by atoms with van der Waals surface area (Å²) in [4.78, 5) is 20.5. The summed E-state index contributed by atoms with van der Waals surface area (Å²) in [6.45, 7) is 1.57. The van der Waals surface area contributed by atoms with Crippen molar-refractivity contribution in [3.8, 4) is 11.3 Å². The molecule has 12 heteroatoms. The van der Waals surface area contributed by atoms with E-state index in [0.717, 1.165) is 15.8 Å². The summed E-state index contributed by atoms with van der Waals surface area (Å²) in [7, 11) is -4.08. The van der Waals surface area contributed by atoms with Crippen molar-refractivity contribution < 1.29 is 17.6 Å². The van der Waals surface area contributed by atoms with Crippen LogP contribution in [0.25, 0.3) is 21.5 Å². The lowest BCUT2D eigenvalue weighted by molar-refractivity contribution is 0.0996. The Kier molecular flexibility index (Phi) is 7.00. The number of hydrogen-bond acceptors (Lipinski definition) is 8. The van der Waals surface area contributed by atoms with Crippen molar-refractivity contribution in [1.29, 1.82) is 5.41 Å². The zero-order valence-corrected chi connectivity index (χ0v) is 22.3. The molecular weight excluding hydrogens is 536 g/mol. The summed E-state index contributed by atoms with van der Waals surface area (Å²) in [6, 6.07) is 20.0. The summed E-state index contributed by atoms with van der Waals surface area (Å²) in [6.07, 6.45) is 0.271. The number of aromatic nitrogens is 2. The second kappa shape index (κ2) is 10.4. The highest BCUT2D eigenvalue weighted by atomic mass is 32.2. The zero-order valence-electron chi connectivity index (χ0n) is 20.7. The van der Waals surface area contributed by atoms with Crippen molar-refractivity contribution in [3.05, 3.63) is 101 Å². The van der Waals surface area contributed by atoms with E-state index in [1.165, 1.54) is 23.5 Å². The number of benzene rings is 3. The molecule has 198 valence electrons. The summed E-state index contributed by atoms with van der Waals surface area (Å²) >= 11 is 1.40. The third kappa shape index (κ3) is 5.58. The third-order valence-corrected chi connectivity index (χ3v) is 8.58. The molecule has 0 saturated carbocycles. The molecule has 0 bridgehead atoms. The maximum atomic E-state index is 13.7. The van der Waals surface area contributed by atoms with Gasteiger partial charge in [-0.2, -0.15) is 0 Å². The van der Waals surface area contributed by atoms with Crippen molar-refractivity contribution in [2.75, 3.05) is 0 Å². The SMILES string of the molecule is Cc1nc(C(N)=O)c(-c2cccc(S(=O)(=O)NC(Cc3cccc(C(=N)N)c3)c3nc4ccccc4s3)c2)o1. The first-order valence-electron chi connectivity index (χ1n) is 11.8. The van der Waals surface area contributed by atoms with E-state index in [0.29, 0.717) is 16.1 Å². The number of nitrogens with zero attached hydrogens (tertiary/aromatic N) is 2. The normalized spacial score (nSPS) is 12.4. The van der Waals surface area contributed by atoms with E-state index in [2.05, 4.69) is 9.71 Å². The molecular formula is C27H24N6O4S2. The molecule has 0 saturated heterocycles. The summed E-state index contributed by atoms with van der Waals surface area (Å²) in [5, 5.41) is 8.35. The number of hydrogen-bond donors (Lipinski definition) is 4. The number of carbonyl (C=O) groups excluding carboxylic acids is 1. The van der Waals surface area contributed by atoms with Gasteiger partial charge in [0.05, 0.1) is 21.2 Å². The summed E-state index contributed by atoms with van der Waals surface area (Å²) < 4.78 is 36.6. The minimum absolute atomic E-state index is 0.0342. The van der Waals surface area contributed by atoms with Crippen molar-refractivity contribution in [3.63, 3.8) is 0 Å². The Labute approximate surface area is 228 Å². The molecule has 6 N–H and O–H groups in total. The van der Waals surface area contributed by atoms with Gasteiger partial charge in [-0.1, -0.05) is 42.5 Å². The van der Waals surface area contributed by atoms with Crippen molar-refractivity contribution >= 4 is 43.3 Å². The number of aryl methyl sites for hydroxylation is 1. The van der Waals surface area contributed by atoms with Crippen LogP contribution in [-0.2, 0) is 16.4 Å². The Bertz CT molecular complexity index is 1790. The monoisotopic (exact) mass is 560 g/mol. The van der Waals surface area contributed by atoms with Crippen LogP contribution in [0.15, 0.2) is 82.1 Å². The highest BCUT2D eigenvalue weighted by Crippen LogP contribution is 2.31. The molecule has 0 spiro atoms. The van der Waals surface area contributed by atoms with Crippen LogP contribution < -0.4 is 16.2 Å². The van der Waals surface area contributed by atoms with Crippen molar-refractivity contribution in [2.45, 2.75) is 24.3 Å². The van der Waals surface area contributed by atoms with Gasteiger partial charge in [-0.3, -0.25) is 10.2 Å². The minimum atomic E-state index is -4.08. The second-order valence-electron chi connectivity index (χ2n) is 8.81. The fourth-order valence-corrected chi connectivity index (χ4v) is 6.51. The molecule has 3 aromatic carbocycles. The highest BCUT2D eigenvalue weighted by molar-refractivity contribution is 7.89. The lowest BCUT2D eigenvalue weighted by Gasteiger charge is -2.18. The van der Waals surface area contributed by atoms with Gasteiger partial charge in [-0.25, -0.2) is 23.1 Å². The van der Waals surface area contributed by atoms with Crippen LogP contribution in [-0.4, -0.2) is 30.1 Å². The van der Waals surface area contributed by atoms with Crippen LogP contribution in [0.1, 0.15) is 38.6 Å². The van der Waals surface area contributed by atoms with E-state index < -0.39 is 22.0 Å². The lowest BCUT2D eigenvalue weighted by Crippen LogP contribution is -2.30. The number of carbonyl (C=O) groups is 1. The fourth-order valence-electron chi connectivity index (χ4n) is 4.17. The van der Waals surface area contributed by atoms with E-state index in [1.54, 1.807) is 37.3 Å². The third-order valence-electron chi connectivity index (χ3n) is 5.96. The molecule has 1 unspecified atom stereocenters. The molecule has 0 fully saturated rings. The van der Waals surface area contributed by atoms with Gasteiger partial charge in [0.25, 0.3) is 5.91 Å². The maximum absolute atomic E-state index is 13.7. The zero-order chi connectivity index (χ0) is 27.7. The minimum Gasteiger partial charge on any atom is -0.440 e. The van der Waals surface area contributed by atoms with Crippen molar-refractivity contribution in [2.24, 2.45) is 11.5 Å². The standard InChI is InChI=1S/C27H24N6O4S2/c1-15-31-23(26(30)34)24(37-15)17-7-5-9-19(14-17)39(35,36)33-21(13-16-6-4-8-18(12-16)25(28)29)27-32-20-10-2-3-11-22(20)38-27/h2-12,14,21,33H,13H2,1H3,(H3,28,29)(H2,30,34). The van der Waals surface area contributed by atoms with Gasteiger partial charge in [0.2, 0.25) is 10.0 Å². The molecule has 0 aliphatic carbocycles. The van der Waals surface area contributed by atoms with Crippen LogP contribution in [0.2, 0.25) is 0 Å². The summed E-state index contributed by atoms with van der Waals surface area (Å²) in [5.41, 5.74) is 13.5. The first kappa shape index (κ1) is 26.2. The van der Waals surface area contributed by atoms with Gasteiger partial charge >= 0.3 is 0 Å². The predicted octanol–water partition coefficient (Wildman–Crippen LogP) is 3.90. The Hall–Kier alpha value is -4.39. The quantitative estimate of drug-likeness (QED) is 0.156. The number of amides is 1. The number of thiazole rings is 1. The number of primary amides is 1. The van der Waals surface area contributed by atoms with E-state index in [1.807, 2.05) is 30.3 Å². The van der Waals surface area contributed by atoms with Crippen LogP contribution in [0, 0.1) is 12.3 Å². The molecule has 1 amide bonds. The molecule has 0 aliphatic heterocycles. The fraction of sp³-hybridized carbons (Fsp3) is 0.111. The maximum Gasteiger partial charge on any atom is 0.271 e. The average Bonchev–Trinajstić information content (AvgIpc) is 3.52. The largest absolute Gasteiger partial charge is 0.440 e. The molecule has 5 rings (SSSR count). The van der Waals surface area contributed by atoms with E-state index in [4.69, 9.17) is 26.3 Å². The van der Waals surface area contributed by atoms with Crippen LogP contribution in [0.3, 0.4) is 0 Å².